The van der Waals surface area contributed by atoms with Gasteiger partial charge >= 0.3 is 0 Å². The number of rotatable bonds is 2. The van der Waals surface area contributed by atoms with E-state index in [1.54, 1.807) is 16.0 Å². The molecule has 0 aliphatic carbocycles. The van der Waals surface area contributed by atoms with E-state index in [9.17, 15) is 0 Å². The van der Waals surface area contributed by atoms with Gasteiger partial charge in [0.25, 0.3) is 0 Å². The molecule has 0 bridgehead atoms. The SMILES string of the molecule is Cc1nc2cc(Nc3ccn(C)n3)c(N)cc2s1. The number of nitrogens with one attached hydrogen (secondary N) is 1. The Labute approximate surface area is 108 Å². The summed E-state index contributed by atoms with van der Waals surface area (Å²) in [5.74, 6) is 0.774. The second-order valence-corrected chi connectivity index (χ2v) is 5.37. The number of anilines is 3. The molecule has 0 atom stereocenters. The molecule has 0 saturated heterocycles. The zero-order valence-electron chi connectivity index (χ0n) is 10.1. The Bertz CT molecular complexity index is 712. The highest BCUT2D eigenvalue weighted by atomic mass is 32.1. The molecule has 2 heterocycles. The Kier molecular flexibility index (Phi) is 2.45. The molecule has 92 valence electrons. The molecule has 0 saturated carbocycles. The van der Waals surface area contributed by atoms with Gasteiger partial charge in [-0.05, 0) is 19.1 Å². The third-order valence-corrected chi connectivity index (χ3v) is 3.58. The van der Waals surface area contributed by atoms with E-state index < -0.39 is 0 Å². The summed E-state index contributed by atoms with van der Waals surface area (Å²) in [6.45, 7) is 1.99. The van der Waals surface area contributed by atoms with Crippen molar-refractivity contribution in [3.05, 3.63) is 29.4 Å². The minimum atomic E-state index is 0.705. The van der Waals surface area contributed by atoms with Gasteiger partial charge in [-0.3, -0.25) is 4.68 Å². The van der Waals surface area contributed by atoms with Crippen molar-refractivity contribution >= 4 is 38.7 Å². The van der Waals surface area contributed by atoms with Crippen molar-refractivity contribution in [1.82, 2.24) is 14.8 Å². The molecule has 0 amide bonds. The van der Waals surface area contributed by atoms with Crippen molar-refractivity contribution in [2.45, 2.75) is 6.92 Å². The number of thiazole rings is 1. The van der Waals surface area contributed by atoms with E-state index >= 15 is 0 Å². The molecule has 3 rings (SSSR count). The van der Waals surface area contributed by atoms with Crippen molar-refractivity contribution in [3.8, 4) is 0 Å². The van der Waals surface area contributed by atoms with Crippen LogP contribution in [0.4, 0.5) is 17.2 Å². The summed E-state index contributed by atoms with van der Waals surface area (Å²) in [5, 5.41) is 8.51. The number of fused-ring (bicyclic) bond motifs is 1. The third kappa shape index (κ3) is 1.91. The summed E-state index contributed by atoms with van der Waals surface area (Å²) < 4.78 is 2.85. The van der Waals surface area contributed by atoms with Crippen molar-refractivity contribution in [2.75, 3.05) is 11.1 Å². The molecule has 18 heavy (non-hydrogen) atoms. The van der Waals surface area contributed by atoms with Crippen LogP contribution in [0.5, 0.6) is 0 Å². The molecule has 0 aliphatic rings. The lowest BCUT2D eigenvalue weighted by Gasteiger charge is -2.06. The number of nitrogens with zero attached hydrogens (tertiary/aromatic N) is 3. The molecule has 5 nitrogen and oxygen atoms in total. The summed E-state index contributed by atoms with van der Waals surface area (Å²) in [6.07, 6.45) is 1.88. The molecular weight excluding hydrogens is 246 g/mol. The minimum absolute atomic E-state index is 0.705. The number of nitrogen functional groups attached to an aromatic ring is 1. The summed E-state index contributed by atoms with van der Waals surface area (Å²) >= 11 is 1.65. The van der Waals surface area contributed by atoms with Crippen molar-refractivity contribution in [1.29, 1.82) is 0 Å². The fraction of sp³-hybridized carbons (Fsp3) is 0.167. The highest BCUT2D eigenvalue weighted by molar-refractivity contribution is 7.18. The van der Waals surface area contributed by atoms with E-state index in [4.69, 9.17) is 5.73 Å². The van der Waals surface area contributed by atoms with Crippen LogP contribution >= 0.6 is 11.3 Å². The molecule has 0 radical (unpaired) electrons. The van der Waals surface area contributed by atoms with Gasteiger partial charge in [-0.25, -0.2) is 4.98 Å². The first-order chi connectivity index (χ1) is 8.61. The smallest absolute Gasteiger partial charge is 0.152 e. The van der Waals surface area contributed by atoms with E-state index in [0.717, 1.165) is 26.7 Å². The maximum Gasteiger partial charge on any atom is 0.152 e. The Morgan fingerprint density at radius 2 is 2.22 bits per heavy atom. The predicted octanol–water partition coefficient (Wildman–Crippen LogP) is 2.66. The Morgan fingerprint density at radius 1 is 1.39 bits per heavy atom. The van der Waals surface area contributed by atoms with Gasteiger partial charge < -0.3 is 11.1 Å². The van der Waals surface area contributed by atoms with Gasteiger partial charge in [0, 0.05) is 19.3 Å². The average Bonchev–Trinajstić information content (AvgIpc) is 2.85. The molecule has 3 N–H and O–H groups in total. The van der Waals surface area contributed by atoms with Gasteiger partial charge in [-0.2, -0.15) is 5.10 Å². The van der Waals surface area contributed by atoms with Crippen molar-refractivity contribution < 1.29 is 0 Å². The molecule has 0 aliphatic heterocycles. The first-order valence-corrected chi connectivity index (χ1v) is 6.37. The first kappa shape index (κ1) is 11.0. The van der Waals surface area contributed by atoms with Gasteiger partial charge in [0.05, 0.1) is 26.6 Å². The molecule has 3 aromatic rings. The van der Waals surface area contributed by atoms with Crippen LogP contribution in [-0.2, 0) is 7.05 Å². The van der Waals surface area contributed by atoms with Crippen LogP contribution in [0.15, 0.2) is 24.4 Å². The van der Waals surface area contributed by atoms with E-state index in [2.05, 4.69) is 15.4 Å². The van der Waals surface area contributed by atoms with E-state index in [-0.39, 0.29) is 0 Å². The molecule has 2 aromatic heterocycles. The Morgan fingerprint density at radius 3 is 2.94 bits per heavy atom. The van der Waals surface area contributed by atoms with Crippen LogP contribution in [0.1, 0.15) is 5.01 Å². The monoisotopic (exact) mass is 259 g/mol. The summed E-state index contributed by atoms with van der Waals surface area (Å²) in [7, 11) is 1.88. The van der Waals surface area contributed by atoms with Gasteiger partial charge in [-0.15, -0.1) is 11.3 Å². The fourth-order valence-corrected chi connectivity index (χ4v) is 2.69. The van der Waals surface area contributed by atoms with Crippen LogP contribution in [0.2, 0.25) is 0 Å². The van der Waals surface area contributed by atoms with Gasteiger partial charge in [-0.1, -0.05) is 0 Å². The molecule has 0 spiro atoms. The maximum atomic E-state index is 6.03. The average molecular weight is 259 g/mol. The molecule has 0 unspecified atom stereocenters. The molecule has 0 fully saturated rings. The number of hydrogen-bond donors (Lipinski definition) is 2. The lowest BCUT2D eigenvalue weighted by atomic mass is 10.2. The van der Waals surface area contributed by atoms with Crippen LogP contribution in [-0.4, -0.2) is 14.8 Å². The normalized spacial score (nSPS) is 11.0. The summed E-state index contributed by atoms with van der Waals surface area (Å²) in [5.41, 5.74) is 8.54. The lowest BCUT2D eigenvalue weighted by molar-refractivity contribution is 0.771. The molecule has 6 heteroatoms. The highest BCUT2D eigenvalue weighted by Crippen LogP contribution is 2.31. The topological polar surface area (TPSA) is 68.8 Å². The van der Waals surface area contributed by atoms with Crippen LogP contribution < -0.4 is 11.1 Å². The van der Waals surface area contributed by atoms with Gasteiger partial charge in [0.1, 0.15) is 0 Å². The van der Waals surface area contributed by atoms with Crippen LogP contribution in [0.3, 0.4) is 0 Å². The second-order valence-electron chi connectivity index (χ2n) is 4.14. The second kappa shape index (κ2) is 3.99. The first-order valence-electron chi connectivity index (χ1n) is 5.55. The van der Waals surface area contributed by atoms with E-state index in [0.29, 0.717) is 5.69 Å². The number of hydrogen-bond acceptors (Lipinski definition) is 5. The van der Waals surface area contributed by atoms with Crippen molar-refractivity contribution in [3.63, 3.8) is 0 Å². The lowest BCUT2D eigenvalue weighted by Crippen LogP contribution is -1.97. The fourth-order valence-electron chi connectivity index (χ4n) is 1.83. The zero-order valence-corrected chi connectivity index (χ0v) is 11.0. The molecular formula is C12H13N5S. The van der Waals surface area contributed by atoms with Crippen molar-refractivity contribution in [2.24, 2.45) is 7.05 Å². The molecule has 1 aromatic carbocycles. The Balaban J connectivity index is 2.02. The number of benzene rings is 1. The third-order valence-electron chi connectivity index (χ3n) is 2.64. The predicted molar refractivity (Wildman–Crippen MR) is 75.3 cm³/mol. The number of nitrogens with two attached hydrogens (primary N) is 1. The van der Waals surface area contributed by atoms with Gasteiger partial charge in [0.15, 0.2) is 5.82 Å². The number of aryl methyl sites for hydroxylation is 2. The Hall–Kier alpha value is -2.08. The standard InChI is InChI=1S/C12H13N5S/c1-7-14-10-6-9(8(13)5-11(10)18-7)15-12-3-4-17(2)16-12/h3-6H,13H2,1-2H3,(H,15,16). The zero-order chi connectivity index (χ0) is 12.7. The summed E-state index contributed by atoms with van der Waals surface area (Å²) in [6, 6.07) is 5.81. The number of aromatic nitrogens is 3. The summed E-state index contributed by atoms with van der Waals surface area (Å²) in [4.78, 5) is 4.46. The van der Waals surface area contributed by atoms with Crippen LogP contribution in [0.25, 0.3) is 10.2 Å². The van der Waals surface area contributed by atoms with E-state index in [1.165, 1.54) is 0 Å². The quantitative estimate of drug-likeness (QED) is 0.694. The van der Waals surface area contributed by atoms with Gasteiger partial charge in [0.2, 0.25) is 0 Å². The van der Waals surface area contributed by atoms with E-state index in [1.807, 2.05) is 38.4 Å². The van der Waals surface area contributed by atoms with Crippen LogP contribution in [0, 0.1) is 6.92 Å². The largest absolute Gasteiger partial charge is 0.397 e. The highest BCUT2D eigenvalue weighted by Gasteiger charge is 2.07. The minimum Gasteiger partial charge on any atom is -0.397 e. The maximum absolute atomic E-state index is 6.03.